The molecule has 0 aromatic heterocycles. The molecule has 1 fully saturated rings. The van der Waals surface area contributed by atoms with Gasteiger partial charge in [0.25, 0.3) is 0 Å². The Hall–Kier alpha value is -1.39. The molecule has 1 aliphatic carbocycles. The maximum absolute atomic E-state index is 9.91. The lowest BCUT2D eigenvalue weighted by Gasteiger charge is -2.33. The minimum absolute atomic E-state index is 0.0150. The van der Waals surface area contributed by atoms with Gasteiger partial charge < -0.3 is 15.7 Å². The molecule has 4 nitrogen and oxygen atoms in total. The largest absolute Gasteiger partial charge is 0.389 e. The van der Waals surface area contributed by atoms with Crippen LogP contribution in [0, 0.1) is 5.92 Å². The Labute approximate surface area is 100 Å². The van der Waals surface area contributed by atoms with Gasteiger partial charge in [0.2, 0.25) is 0 Å². The third kappa shape index (κ3) is 1.73. The Morgan fingerprint density at radius 3 is 2.76 bits per heavy atom. The van der Waals surface area contributed by atoms with E-state index >= 15 is 0 Å². The number of nitrogens with two attached hydrogens (primary N) is 1. The molecule has 0 unspecified atom stereocenters. The number of aliphatic hydroxyl groups is 1. The smallest absolute Gasteiger partial charge is 0.163 e. The van der Waals surface area contributed by atoms with Crippen molar-refractivity contribution in [1.82, 2.24) is 0 Å². The Morgan fingerprint density at radius 1 is 1.24 bits per heavy atom. The molecule has 2 aliphatic rings. The lowest BCUT2D eigenvalue weighted by molar-refractivity contribution is -0.0596. The minimum Gasteiger partial charge on any atom is -0.389 e. The summed E-state index contributed by atoms with van der Waals surface area (Å²) in [4.78, 5) is 5.36. The number of aliphatic hydroxyl groups excluding tert-OH is 1. The van der Waals surface area contributed by atoms with E-state index in [-0.39, 0.29) is 18.1 Å². The lowest BCUT2D eigenvalue weighted by Crippen LogP contribution is -2.50. The summed E-state index contributed by atoms with van der Waals surface area (Å²) in [7, 11) is 0. The monoisotopic (exact) mass is 232 g/mol. The van der Waals surface area contributed by atoms with Crippen molar-refractivity contribution in [3.8, 4) is 0 Å². The molecule has 1 saturated carbocycles. The molecule has 1 aromatic rings. The summed E-state index contributed by atoms with van der Waals surface area (Å²) >= 11 is 0. The summed E-state index contributed by atoms with van der Waals surface area (Å²) in [6.07, 6.45) is 0.788. The zero-order valence-electron chi connectivity index (χ0n) is 9.49. The van der Waals surface area contributed by atoms with E-state index < -0.39 is 6.10 Å². The lowest BCUT2D eigenvalue weighted by atomic mass is 9.77. The average molecular weight is 232 g/mol. The molecule has 0 amide bonds. The summed E-state index contributed by atoms with van der Waals surface area (Å²) < 4.78 is 0. The molecule has 0 spiro atoms. The summed E-state index contributed by atoms with van der Waals surface area (Å²) in [6.45, 7) is 0. The van der Waals surface area contributed by atoms with Gasteiger partial charge >= 0.3 is 0 Å². The summed E-state index contributed by atoms with van der Waals surface area (Å²) in [5.74, 6) is 0.0150. The van der Waals surface area contributed by atoms with Crippen molar-refractivity contribution in [2.75, 3.05) is 0 Å². The number of benzene rings is 1. The van der Waals surface area contributed by atoms with Crippen LogP contribution in [0.3, 0.4) is 0 Å². The Balaban J connectivity index is 1.92. The standard InChI is InChI=1S/C13H16N2O2/c14-9-6-7-10(16)13-11(9)12(15-17-13)8-4-2-1-3-5-8/h1-5,9-11,13,16H,6-7,14H2/t9-,10+,11-,13-/m1/s1. The van der Waals surface area contributed by atoms with Crippen molar-refractivity contribution >= 4 is 5.71 Å². The zero-order chi connectivity index (χ0) is 11.8. The topological polar surface area (TPSA) is 67.8 Å². The van der Waals surface area contributed by atoms with Gasteiger partial charge in [-0.05, 0) is 18.4 Å². The number of nitrogens with zero attached hydrogens (tertiary/aromatic N) is 1. The highest BCUT2D eigenvalue weighted by Gasteiger charge is 2.46. The number of fused-ring (bicyclic) bond motifs is 1. The van der Waals surface area contributed by atoms with Gasteiger partial charge in [-0.1, -0.05) is 35.5 Å². The predicted molar refractivity (Wildman–Crippen MR) is 64.6 cm³/mol. The first kappa shape index (κ1) is 10.7. The van der Waals surface area contributed by atoms with Crippen LogP contribution in [0.15, 0.2) is 35.5 Å². The van der Waals surface area contributed by atoms with Crippen LogP contribution in [-0.2, 0) is 4.84 Å². The summed E-state index contributed by atoms with van der Waals surface area (Å²) in [5.41, 5.74) is 8.05. The maximum atomic E-state index is 9.91. The molecule has 3 N–H and O–H groups in total. The molecular weight excluding hydrogens is 216 g/mol. The molecule has 0 bridgehead atoms. The first-order valence-corrected chi connectivity index (χ1v) is 6.00. The molecule has 1 heterocycles. The third-order valence-electron chi connectivity index (χ3n) is 3.65. The second kappa shape index (κ2) is 4.13. The molecule has 90 valence electrons. The fourth-order valence-electron chi connectivity index (χ4n) is 2.72. The van der Waals surface area contributed by atoms with Crippen LogP contribution in [0.25, 0.3) is 0 Å². The normalized spacial score (nSPS) is 36.0. The fraction of sp³-hybridized carbons (Fsp3) is 0.462. The van der Waals surface area contributed by atoms with Gasteiger partial charge in [-0.25, -0.2) is 0 Å². The van der Waals surface area contributed by atoms with Crippen LogP contribution in [0.1, 0.15) is 18.4 Å². The summed E-state index contributed by atoms with van der Waals surface area (Å²) in [6, 6.07) is 9.92. The zero-order valence-corrected chi connectivity index (χ0v) is 9.49. The van der Waals surface area contributed by atoms with Gasteiger partial charge in [0.15, 0.2) is 6.10 Å². The molecule has 17 heavy (non-hydrogen) atoms. The highest BCUT2D eigenvalue weighted by atomic mass is 16.7. The van der Waals surface area contributed by atoms with E-state index in [1.165, 1.54) is 0 Å². The second-order valence-corrected chi connectivity index (χ2v) is 4.75. The van der Waals surface area contributed by atoms with Crippen molar-refractivity contribution in [3.63, 3.8) is 0 Å². The van der Waals surface area contributed by atoms with Crippen LogP contribution < -0.4 is 5.73 Å². The molecule has 1 aliphatic heterocycles. The van der Waals surface area contributed by atoms with E-state index in [1.54, 1.807) is 0 Å². The van der Waals surface area contributed by atoms with E-state index in [4.69, 9.17) is 10.6 Å². The van der Waals surface area contributed by atoms with Gasteiger partial charge in [0, 0.05) is 6.04 Å². The second-order valence-electron chi connectivity index (χ2n) is 4.75. The Bertz CT molecular complexity index is 432. The molecular formula is C13H16N2O2. The van der Waals surface area contributed by atoms with E-state index in [0.717, 1.165) is 17.7 Å². The van der Waals surface area contributed by atoms with Gasteiger partial charge in [-0.15, -0.1) is 0 Å². The highest BCUT2D eigenvalue weighted by molar-refractivity contribution is 6.03. The predicted octanol–water partition coefficient (Wildman–Crippen LogP) is 0.888. The molecule has 4 heteroatoms. The van der Waals surface area contributed by atoms with Gasteiger partial charge in [-0.2, -0.15) is 0 Å². The van der Waals surface area contributed by atoms with Crippen molar-refractivity contribution < 1.29 is 9.94 Å². The SMILES string of the molecule is N[C@@H]1CC[C@H](O)[C@H]2ON=C(c3ccccc3)[C@H]21. The van der Waals surface area contributed by atoms with E-state index in [0.29, 0.717) is 6.42 Å². The highest BCUT2D eigenvalue weighted by Crippen LogP contribution is 2.34. The summed E-state index contributed by atoms with van der Waals surface area (Å²) in [5, 5.41) is 14.0. The van der Waals surface area contributed by atoms with Crippen LogP contribution in [0.2, 0.25) is 0 Å². The quantitative estimate of drug-likeness (QED) is 0.755. The molecule has 0 radical (unpaired) electrons. The Morgan fingerprint density at radius 2 is 2.00 bits per heavy atom. The average Bonchev–Trinajstić information content (AvgIpc) is 2.81. The number of hydrogen-bond donors (Lipinski definition) is 2. The van der Waals surface area contributed by atoms with E-state index in [1.807, 2.05) is 30.3 Å². The van der Waals surface area contributed by atoms with Crippen molar-refractivity contribution in [3.05, 3.63) is 35.9 Å². The van der Waals surface area contributed by atoms with Gasteiger partial charge in [0.05, 0.1) is 17.7 Å². The molecule has 4 atom stereocenters. The van der Waals surface area contributed by atoms with Gasteiger partial charge in [0.1, 0.15) is 0 Å². The van der Waals surface area contributed by atoms with Crippen molar-refractivity contribution in [1.29, 1.82) is 0 Å². The Kier molecular flexibility index (Phi) is 2.61. The van der Waals surface area contributed by atoms with Gasteiger partial charge in [-0.3, -0.25) is 0 Å². The third-order valence-corrected chi connectivity index (χ3v) is 3.65. The number of oxime groups is 1. The molecule has 3 rings (SSSR count). The maximum Gasteiger partial charge on any atom is 0.163 e. The van der Waals surface area contributed by atoms with Crippen LogP contribution in [0.4, 0.5) is 0 Å². The number of rotatable bonds is 1. The van der Waals surface area contributed by atoms with Crippen LogP contribution in [-0.4, -0.2) is 29.1 Å². The van der Waals surface area contributed by atoms with Crippen molar-refractivity contribution in [2.45, 2.75) is 31.1 Å². The van der Waals surface area contributed by atoms with E-state index in [9.17, 15) is 5.11 Å². The van der Waals surface area contributed by atoms with Crippen LogP contribution in [0.5, 0.6) is 0 Å². The minimum atomic E-state index is -0.454. The molecule has 0 saturated heterocycles. The van der Waals surface area contributed by atoms with Crippen molar-refractivity contribution in [2.24, 2.45) is 16.8 Å². The van der Waals surface area contributed by atoms with E-state index in [2.05, 4.69) is 5.16 Å². The first-order valence-electron chi connectivity index (χ1n) is 6.00. The first-order chi connectivity index (χ1) is 8.27. The number of hydrogen-bond acceptors (Lipinski definition) is 4. The van der Waals surface area contributed by atoms with Crippen LogP contribution >= 0.6 is 0 Å². The fourth-order valence-corrected chi connectivity index (χ4v) is 2.72. The molecule has 1 aromatic carbocycles.